The van der Waals surface area contributed by atoms with Crippen LogP contribution >= 0.6 is 11.6 Å². The van der Waals surface area contributed by atoms with Gasteiger partial charge in [-0.15, -0.1) is 0 Å². The van der Waals surface area contributed by atoms with Crippen LogP contribution in [0.4, 0.5) is 5.69 Å². The first-order chi connectivity index (χ1) is 7.33. The highest BCUT2D eigenvalue weighted by molar-refractivity contribution is 6.29. The summed E-state index contributed by atoms with van der Waals surface area (Å²) in [6.45, 7) is -2.44. The van der Waals surface area contributed by atoms with Crippen molar-refractivity contribution in [3.8, 4) is 0 Å². The summed E-state index contributed by atoms with van der Waals surface area (Å²) < 4.78 is 21.1. The Morgan fingerprint density at radius 2 is 2.62 bits per heavy atom. The van der Waals surface area contributed by atoms with Crippen LogP contribution in [-0.2, 0) is 0 Å². The first kappa shape index (κ1) is 6.17. The fourth-order valence-electron chi connectivity index (χ4n) is 0.792. The summed E-state index contributed by atoms with van der Waals surface area (Å²) in [6.07, 6.45) is 1.14. The largest absolute Gasteiger partial charge is 0.387 e. The van der Waals surface area contributed by atoms with Crippen LogP contribution in [0.15, 0.2) is 12.3 Å². The molecule has 0 aliphatic rings. The van der Waals surface area contributed by atoms with Gasteiger partial charge in [0.2, 0.25) is 0 Å². The zero-order valence-electron chi connectivity index (χ0n) is 9.47. The second kappa shape index (κ2) is 4.06. The van der Waals surface area contributed by atoms with E-state index < -0.39 is 12.9 Å². The number of pyridine rings is 1. The van der Waals surface area contributed by atoms with Crippen LogP contribution in [0.25, 0.3) is 0 Å². The molecule has 1 amide bonds. The summed E-state index contributed by atoms with van der Waals surface area (Å²) in [5, 5.41) is 2.23. The number of aromatic nitrogens is 1. The number of nitrogen functional groups attached to an aromatic ring is 1. The minimum absolute atomic E-state index is 0.00280. The molecule has 0 aromatic carbocycles. The predicted molar refractivity (Wildman–Crippen MR) is 50.4 cm³/mol. The van der Waals surface area contributed by atoms with Gasteiger partial charge in [0.1, 0.15) is 5.15 Å². The lowest BCUT2D eigenvalue weighted by Crippen LogP contribution is -2.30. The van der Waals surface area contributed by atoms with Crippen LogP contribution in [0.3, 0.4) is 0 Å². The van der Waals surface area contributed by atoms with E-state index in [-0.39, 0.29) is 16.4 Å². The molecule has 1 aromatic heterocycles. The average Bonchev–Trinajstić information content (AvgIpc) is 2.14. The quantitative estimate of drug-likeness (QED) is 0.281. The van der Waals surface area contributed by atoms with E-state index in [2.05, 4.69) is 10.3 Å². The molecule has 0 atom stereocenters. The van der Waals surface area contributed by atoms with Crippen molar-refractivity contribution in [3.05, 3.63) is 23.0 Å². The highest BCUT2D eigenvalue weighted by Crippen LogP contribution is 2.17. The number of rotatable bonds is 2. The topological polar surface area (TPSA) is 80.0 Å². The van der Waals surface area contributed by atoms with Gasteiger partial charge >= 0.3 is 0 Å². The van der Waals surface area contributed by atoms with E-state index in [1.165, 1.54) is 6.07 Å². The van der Waals surface area contributed by atoms with Crippen molar-refractivity contribution in [1.29, 1.82) is 0 Å². The third kappa shape index (κ3) is 2.07. The fraction of sp³-hybridized carbons (Fsp3) is 0.143. The average molecular weight is 204 g/mol. The molecule has 0 radical (unpaired) electrons. The molecule has 0 bridgehead atoms. The normalized spacial score (nSPS) is 13.8. The lowest BCUT2D eigenvalue weighted by molar-refractivity contribution is 0.0954. The SMILES string of the molecule is [2H]C([2H])([2H])Nc1cc(Cl)ncc1C(=O)NN. The van der Waals surface area contributed by atoms with Gasteiger partial charge in [0.15, 0.2) is 0 Å². The number of hydrogen-bond donors (Lipinski definition) is 3. The Bertz CT molecular complexity index is 409. The molecule has 1 aromatic rings. The number of hydrazine groups is 1. The van der Waals surface area contributed by atoms with Crippen LogP contribution in [-0.4, -0.2) is 17.9 Å². The summed E-state index contributed by atoms with van der Waals surface area (Å²) in [7, 11) is 0. The number of nitrogens with one attached hydrogen (secondary N) is 2. The van der Waals surface area contributed by atoms with Gasteiger partial charge in [-0.3, -0.25) is 10.2 Å². The molecule has 0 saturated heterocycles. The predicted octanol–water partition coefficient (Wildman–Crippen LogP) is 0.380. The number of nitrogens with two attached hydrogens (primary N) is 1. The van der Waals surface area contributed by atoms with Crippen molar-refractivity contribution >= 4 is 23.2 Å². The van der Waals surface area contributed by atoms with Gasteiger partial charge in [-0.1, -0.05) is 11.6 Å². The minimum Gasteiger partial charge on any atom is -0.387 e. The number of carbonyl (C=O) groups excluding carboxylic acids is 1. The molecule has 4 N–H and O–H groups in total. The maximum Gasteiger partial charge on any atom is 0.268 e. The van der Waals surface area contributed by atoms with Crippen molar-refractivity contribution in [2.75, 3.05) is 12.3 Å². The van der Waals surface area contributed by atoms with E-state index >= 15 is 0 Å². The van der Waals surface area contributed by atoms with Gasteiger partial charge in [-0.2, -0.15) is 0 Å². The Hall–Kier alpha value is -1.33. The van der Waals surface area contributed by atoms with Gasteiger partial charge < -0.3 is 5.32 Å². The van der Waals surface area contributed by atoms with Crippen molar-refractivity contribution in [2.45, 2.75) is 0 Å². The van der Waals surface area contributed by atoms with Crippen LogP contribution in [0, 0.1) is 0 Å². The van der Waals surface area contributed by atoms with E-state index in [4.69, 9.17) is 21.6 Å². The van der Waals surface area contributed by atoms with Crippen LogP contribution in [0.5, 0.6) is 0 Å². The molecule has 0 aliphatic carbocycles. The molecule has 1 rings (SSSR count). The summed E-state index contributed by atoms with van der Waals surface area (Å²) in [6, 6.07) is 1.23. The number of amides is 1. The number of hydrogen-bond acceptors (Lipinski definition) is 4. The van der Waals surface area contributed by atoms with E-state index in [1.807, 2.05) is 5.43 Å². The second-order valence-corrected chi connectivity index (χ2v) is 2.54. The summed E-state index contributed by atoms with van der Waals surface area (Å²) in [5.74, 6) is 4.29. The molecule has 0 spiro atoms. The third-order valence-electron chi connectivity index (χ3n) is 1.38. The molecule has 13 heavy (non-hydrogen) atoms. The first-order valence-electron chi connectivity index (χ1n) is 4.78. The molecule has 0 aliphatic heterocycles. The number of anilines is 1. The Balaban J connectivity index is 3.13. The first-order valence-corrected chi connectivity index (χ1v) is 3.66. The van der Waals surface area contributed by atoms with Gasteiger partial charge in [0.25, 0.3) is 5.91 Å². The van der Waals surface area contributed by atoms with E-state index in [0.717, 1.165) is 6.20 Å². The van der Waals surface area contributed by atoms with Crippen molar-refractivity contribution in [2.24, 2.45) is 5.84 Å². The Morgan fingerprint density at radius 1 is 1.85 bits per heavy atom. The highest BCUT2D eigenvalue weighted by atomic mass is 35.5. The van der Waals surface area contributed by atoms with Gasteiger partial charge in [0.05, 0.1) is 11.3 Å². The lowest BCUT2D eigenvalue weighted by Gasteiger charge is -2.06. The van der Waals surface area contributed by atoms with Crippen LogP contribution in [0.2, 0.25) is 5.15 Å². The lowest BCUT2D eigenvalue weighted by atomic mass is 10.2. The molecule has 1 heterocycles. The molecule has 70 valence electrons. The maximum absolute atomic E-state index is 11.3. The molecule has 5 nitrogen and oxygen atoms in total. The molecular formula is C7H9ClN4O. The summed E-state index contributed by atoms with van der Waals surface area (Å²) in [4.78, 5) is 15.0. The molecule has 6 heteroatoms. The Kier molecular flexibility index (Phi) is 1.93. The van der Waals surface area contributed by atoms with E-state index in [1.54, 1.807) is 0 Å². The van der Waals surface area contributed by atoms with Crippen molar-refractivity contribution < 1.29 is 8.91 Å². The van der Waals surface area contributed by atoms with Crippen molar-refractivity contribution in [1.82, 2.24) is 10.4 Å². The van der Waals surface area contributed by atoms with E-state index in [0.29, 0.717) is 0 Å². The van der Waals surface area contributed by atoms with E-state index in [9.17, 15) is 4.79 Å². The molecule has 0 unspecified atom stereocenters. The fourth-order valence-corrected chi connectivity index (χ4v) is 0.950. The zero-order valence-corrected chi connectivity index (χ0v) is 7.22. The van der Waals surface area contributed by atoms with Gasteiger partial charge in [-0.05, 0) is 6.07 Å². The number of nitrogens with zero attached hydrogens (tertiary/aromatic N) is 1. The Morgan fingerprint density at radius 3 is 3.23 bits per heavy atom. The third-order valence-corrected chi connectivity index (χ3v) is 1.59. The Labute approximate surface area is 84.5 Å². The highest BCUT2D eigenvalue weighted by Gasteiger charge is 2.09. The molecule has 0 fully saturated rings. The minimum atomic E-state index is -2.44. The summed E-state index contributed by atoms with van der Waals surface area (Å²) >= 11 is 5.60. The number of halogens is 1. The second-order valence-electron chi connectivity index (χ2n) is 2.15. The zero-order chi connectivity index (χ0) is 12.3. The van der Waals surface area contributed by atoms with Gasteiger partial charge in [-0.25, -0.2) is 10.8 Å². The van der Waals surface area contributed by atoms with Gasteiger partial charge in [0, 0.05) is 17.3 Å². The standard InChI is InChI=1S/C7H9ClN4O/c1-10-5-2-6(8)11-3-4(5)7(13)12-9/h2-3H,9H2,1H3,(H,10,11)(H,12,13)/i1D3. The van der Waals surface area contributed by atoms with Crippen LogP contribution < -0.4 is 16.6 Å². The summed E-state index contributed by atoms with van der Waals surface area (Å²) in [5.41, 5.74) is 1.93. The molecule has 0 saturated carbocycles. The maximum atomic E-state index is 11.3. The van der Waals surface area contributed by atoms with Crippen LogP contribution in [0.1, 0.15) is 14.5 Å². The van der Waals surface area contributed by atoms with Crippen molar-refractivity contribution in [3.63, 3.8) is 0 Å². The smallest absolute Gasteiger partial charge is 0.268 e. The number of carbonyl (C=O) groups is 1. The molecular weight excluding hydrogens is 192 g/mol. The monoisotopic (exact) mass is 203 g/mol.